The monoisotopic (exact) mass is 231 g/mol. The van der Waals surface area contributed by atoms with Gasteiger partial charge in [-0.25, -0.2) is 0 Å². The zero-order valence-corrected chi connectivity index (χ0v) is 12.7. The predicted molar refractivity (Wildman–Crippen MR) is 70.9 cm³/mol. The topological polar surface area (TPSA) is 12.5 Å². The molecule has 0 aliphatic carbocycles. The number of likely N-dealkylation sites (N-methyl/N-ethyl adjacent to an activating group) is 1. The van der Waals surface area contributed by atoms with Gasteiger partial charge in [0, 0.05) is 13.2 Å². The Balaban J connectivity index is 3.85. The molecule has 3 heteroatoms. The molecule has 0 N–H and O–H groups in total. The van der Waals surface area contributed by atoms with Gasteiger partial charge in [0.25, 0.3) is 0 Å². The van der Waals surface area contributed by atoms with Crippen molar-refractivity contribution in [3.05, 3.63) is 0 Å². The van der Waals surface area contributed by atoms with Crippen molar-refractivity contribution in [1.82, 2.24) is 4.90 Å². The van der Waals surface area contributed by atoms with Crippen LogP contribution in [0.2, 0.25) is 18.1 Å². The summed E-state index contributed by atoms with van der Waals surface area (Å²) < 4.78 is 6.11. The van der Waals surface area contributed by atoms with Crippen molar-refractivity contribution in [2.45, 2.75) is 52.2 Å². The molecule has 0 spiro atoms. The lowest BCUT2D eigenvalue weighted by Gasteiger charge is -2.36. The van der Waals surface area contributed by atoms with Gasteiger partial charge in [0.15, 0.2) is 8.32 Å². The Morgan fingerprint density at radius 1 is 1.13 bits per heavy atom. The average Bonchev–Trinajstić information content (AvgIpc) is 2.01. The third kappa shape index (κ3) is 5.69. The predicted octanol–water partition coefficient (Wildman–Crippen LogP) is 3.35. The van der Waals surface area contributed by atoms with Crippen molar-refractivity contribution in [1.29, 1.82) is 0 Å². The van der Waals surface area contributed by atoms with Gasteiger partial charge >= 0.3 is 0 Å². The summed E-state index contributed by atoms with van der Waals surface area (Å²) in [5, 5.41) is 0.330. The lowest BCUT2D eigenvalue weighted by Crippen LogP contribution is -2.42. The van der Waals surface area contributed by atoms with Crippen molar-refractivity contribution in [3.8, 4) is 0 Å². The molecule has 0 rings (SSSR count). The van der Waals surface area contributed by atoms with E-state index in [0.717, 1.165) is 13.2 Å². The van der Waals surface area contributed by atoms with Crippen LogP contribution in [0.15, 0.2) is 0 Å². The van der Waals surface area contributed by atoms with Crippen LogP contribution in [0.5, 0.6) is 0 Å². The summed E-state index contributed by atoms with van der Waals surface area (Å²) in [6, 6.07) is 0. The van der Waals surface area contributed by atoms with Crippen LogP contribution in [0.4, 0.5) is 0 Å². The van der Waals surface area contributed by atoms with Crippen molar-refractivity contribution in [3.63, 3.8) is 0 Å². The minimum Gasteiger partial charge on any atom is -0.416 e. The number of hydrogen-bond donors (Lipinski definition) is 0. The Kier molecular flexibility index (Phi) is 6.07. The summed E-state index contributed by atoms with van der Waals surface area (Å²) in [6.45, 7) is 16.8. The molecule has 0 aliphatic rings. The Morgan fingerprint density at radius 3 is 2.07 bits per heavy atom. The second-order valence-corrected chi connectivity index (χ2v) is 10.7. The van der Waals surface area contributed by atoms with E-state index >= 15 is 0 Å². The van der Waals surface area contributed by atoms with Crippen LogP contribution in [0.1, 0.15) is 34.1 Å². The van der Waals surface area contributed by atoms with Crippen LogP contribution < -0.4 is 0 Å². The molecule has 0 aromatic carbocycles. The molecule has 0 saturated carbocycles. The maximum absolute atomic E-state index is 6.11. The highest BCUT2D eigenvalue weighted by Crippen LogP contribution is 2.36. The Labute approximate surface area is 97.1 Å². The molecule has 0 heterocycles. The first-order valence-corrected chi connectivity index (χ1v) is 8.94. The van der Waals surface area contributed by atoms with Crippen LogP contribution in [0.3, 0.4) is 0 Å². The van der Waals surface area contributed by atoms with E-state index in [2.05, 4.69) is 52.7 Å². The molecular weight excluding hydrogens is 202 g/mol. The van der Waals surface area contributed by atoms with Gasteiger partial charge in [0.1, 0.15) is 0 Å². The highest BCUT2D eigenvalue weighted by molar-refractivity contribution is 6.74. The molecule has 0 unspecified atom stereocenters. The van der Waals surface area contributed by atoms with E-state index in [1.807, 2.05) is 0 Å². The van der Waals surface area contributed by atoms with Gasteiger partial charge in [0.05, 0.1) is 0 Å². The summed E-state index contributed by atoms with van der Waals surface area (Å²) >= 11 is 0. The van der Waals surface area contributed by atoms with E-state index in [0.29, 0.717) is 5.04 Å². The summed E-state index contributed by atoms with van der Waals surface area (Å²) in [4.78, 5) is 2.34. The van der Waals surface area contributed by atoms with Gasteiger partial charge in [-0.15, -0.1) is 0 Å². The Bertz CT molecular complexity index is 175. The first kappa shape index (κ1) is 15.1. The molecule has 2 nitrogen and oxygen atoms in total. The second kappa shape index (κ2) is 6.02. The van der Waals surface area contributed by atoms with Crippen molar-refractivity contribution in [2.24, 2.45) is 0 Å². The second-order valence-electron chi connectivity index (χ2n) is 5.91. The van der Waals surface area contributed by atoms with Gasteiger partial charge in [-0.3, -0.25) is 0 Å². The fraction of sp³-hybridized carbons (Fsp3) is 1.00. The van der Waals surface area contributed by atoms with Gasteiger partial charge in [-0.05, 0) is 38.1 Å². The number of hydrogen-bond acceptors (Lipinski definition) is 2. The van der Waals surface area contributed by atoms with Crippen molar-refractivity contribution >= 4 is 8.32 Å². The smallest absolute Gasteiger partial charge is 0.192 e. The molecule has 0 saturated heterocycles. The fourth-order valence-electron chi connectivity index (χ4n) is 1.17. The summed E-state index contributed by atoms with van der Waals surface area (Å²) in [5.74, 6) is 0. The molecule has 0 atom stereocenters. The average molecular weight is 231 g/mol. The van der Waals surface area contributed by atoms with E-state index in [9.17, 15) is 0 Å². The number of nitrogens with zero attached hydrogens (tertiary/aromatic N) is 1. The molecule has 0 aliphatic heterocycles. The third-order valence-electron chi connectivity index (χ3n) is 3.35. The van der Waals surface area contributed by atoms with E-state index in [1.165, 1.54) is 13.0 Å². The van der Waals surface area contributed by atoms with E-state index in [1.54, 1.807) is 0 Å². The van der Waals surface area contributed by atoms with Crippen molar-refractivity contribution in [2.75, 3.05) is 26.7 Å². The zero-order valence-electron chi connectivity index (χ0n) is 11.7. The molecule has 0 fully saturated rings. The van der Waals surface area contributed by atoms with Crippen molar-refractivity contribution < 1.29 is 4.43 Å². The van der Waals surface area contributed by atoms with Gasteiger partial charge in [-0.1, -0.05) is 27.7 Å². The van der Waals surface area contributed by atoms with Crippen LogP contribution in [0, 0.1) is 0 Å². The summed E-state index contributed by atoms with van der Waals surface area (Å²) in [6.07, 6.45) is 1.22. The first-order chi connectivity index (χ1) is 6.70. The molecule has 0 radical (unpaired) electrons. The first-order valence-electron chi connectivity index (χ1n) is 6.03. The highest BCUT2D eigenvalue weighted by Gasteiger charge is 2.36. The zero-order chi connectivity index (χ0) is 12.1. The van der Waals surface area contributed by atoms with Crippen LogP contribution in [-0.4, -0.2) is 40.0 Å². The Morgan fingerprint density at radius 2 is 1.67 bits per heavy atom. The van der Waals surface area contributed by atoms with Gasteiger partial charge in [0.2, 0.25) is 0 Å². The number of rotatable bonds is 6. The fourth-order valence-corrected chi connectivity index (χ4v) is 2.20. The SMILES string of the molecule is CCCN(C)CCO[Si](C)(C)C(C)(C)C. The molecule has 0 aromatic rings. The molecule has 0 aromatic heterocycles. The van der Waals surface area contributed by atoms with E-state index in [-0.39, 0.29) is 0 Å². The maximum atomic E-state index is 6.11. The normalized spacial score (nSPS) is 13.6. The third-order valence-corrected chi connectivity index (χ3v) is 7.89. The molecule has 0 bridgehead atoms. The molecule has 0 amide bonds. The van der Waals surface area contributed by atoms with Crippen LogP contribution in [0.25, 0.3) is 0 Å². The molecule has 15 heavy (non-hydrogen) atoms. The summed E-state index contributed by atoms with van der Waals surface area (Å²) in [5.41, 5.74) is 0. The van der Waals surface area contributed by atoms with Gasteiger partial charge in [-0.2, -0.15) is 0 Å². The van der Waals surface area contributed by atoms with E-state index in [4.69, 9.17) is 4.43 Å². The quantitative estimate of drug-likeness (QED) is 0.650. The molecular formula is C12H29NOSi. The van der Waals surface area contributed by atoms with Crippen LogP contribution in [-0.2, 0) is 4.43 Å². The molecule has 92 valence electrons. The summed E-state index contributed by atoms with van der Waals surface area (Å²) in [7, 11) is 0.644. The minimum absolute atomic E-state index is 0.330. The highest BCUT2D eigenvalue weighted by atomic mass is 28.4. The maximum Gasteiger partial charge on any atom is 0.192 e. The lowest BCUT2D eigenvalue weighted by atomic mass is 10.2. The van der Waals surface area contributed by atoms with E-state index < -0.39 is 8.32 Å². The lowest BCUT2D eigenvalue weighted by molar-refractivity contribution is 0.223. The van der Waals surface area contributed by atoms with Crippen LogP contribution >= 0.6 is 0 Å². The van der Waals surface area contributed by atoms with Gasteiger partial charge < -0.3 is 9.33 Å². The minimum atomic E-state index is -1.52. The Hall–Kier alpha value is 0.137. The largest absolute Gasteiger partial charge is 0.416 e. The standard InChI is InChI=1S/C12H29NOSi/c1-8-9-13(5)10-11-14-15(6,7)12(2,3)4/h8-11H2,1-7H3.